The molecule has 318 valence electrons. The SMILES string of the molecule is [C-]#[N+]c1c(C)c(N=Nc2c(C(=O)O)cccc2C(=O)O)c(=O)n(C(=C)Nc2nc(Cl)nc(NCCn3c(O)c(C#N)c(C)c(N=Nc4c(C(=O)O)cccc4C(=O)O)c3=O)n2)c1O. The van der Waals surface area contributed by atoms with E-state index in [9.17, 15) is 64.7 Å². The molecule has 0 aliphatic heterocycles. The highest BCUT2D eigenvalue weighted by atomic mass is 35.5. The Kier molecular flexibility index (Phi) is 13.0. The number of carboxylic acids is 4. The van der Waals surface area contributed by atoms with E-state index >= 15 is 0 Å². The summed E-state index contributed by atoms with van der Waals surface area (Å²) in [5.74, 6) is -9.14. The van der Waals surface area contributed by atoms with E-state index in [4.69, 9.17) is 18.2 Å². The van der Waals surface area contributed by atoms with Gasteiger partial charge in [0.05, 0.1) is 28.8 Å². The van der Waals surface area contributed by atoms with Crippen LogP contribution in [0.15, 0.2) is 73.0 Å². The molecule has 5 rings (SSSR count). The third kappa shape index (κ3) is 8.98. The van der Waals surface area contributed by atoms with Crippen LogP contribution in [0, 0.1) is 31.8 Å². The van der Waals surface area contributed by atoms with Crippen LogP contribution in [0.25, 0.3) is 10.7 Å². The first-order valence-electron chi connectivity index (χ1n) is 17.2. The van der Waals surface area contributed by atoms with Crippen molar-refractivity contribution in [3.8, 4) is 17.8 Å². The van der Waals surface area contributed by atoms with Gasteiger partial charge in [-0.25, -0.2) is 28.6 Å². The number of hydrogen-bond acceptors (Lipinski definition) is 18. The normalized spacial score (nSPS) is 10.9. The third-order valence-corrected chi connectivity index (χ3v) is 8.84. The van der Waals surface area contributed by atoms with Crippen LogP contribution in [-0.2, 0) is 6.54 Å². The summed E-state index contributed by atoms with van der Waals surface area (Å²) in [4.78, 5) is 89.6. The van der Waals surface area contributed by atoms with E-state index < -0.39 is 127 Å². The van der Waals surface area contributed by atoms with Crippen LogP contribution in [0.2, 0.25) is 5.28 Å². The van der Waals surface area contributed by atoms with Gasteiger partial charge in [-0.2, -0.15) is 20.2 Å². The monoisotopic (exact) mass is 879 g/mol. The summed E-state index contributed by atoms with van der Waals surface area (Å²) >= 11 is 6.11. The lowest BCUT2D eigenvalue weighted by molar-refractivity contribution is 0.0677. The number of benzene rings is 2. The Bertz CT molecular complexity index is 3030. The lowest BCUT2D eigenvalue weighted by Gasteiger charge is -2.16. The average molecular weight is 880 g/mol. The number of rotatable bonds is 15. The van der Waals surface area contributed by atoms with Gasteiger partial charge >= 0.3 is 23.9 Å². The predicted octanol–water partition coefficient (Wildman–Crippen LogP) is 5.57. The topological polar surface area (TPSA) is 374 Å². The van der Waals surface area contributed by atoms with E-state index in [1.165, 1.54) is 19.9 Å². The second-order valence-corrected chi connectivity index (χ2v) is 12.8. The maximum absolute atomic E-state index is 13.7. The summed E-state index contributed by atoms with van der Waals surface area (Å²) in [7, 11) is 0. The molecule has 0 fully saturated rings. The fourth-order valence-corrected chi connectivity index (χ4v) is 5.82. The quantitative estimate of drug-likeness (QED) is 0.0470. The fourth-order valence-electron chi connectivity index (χ4n) is 5.66. The Labute approximate surface area is 355 Å². The first kappa shape index (κ1) is 44.7. The molecular weight excluding hydrogens is 854 g/mol. The molecule has 0 unspecified atom stereocenters. The first-order valence-corrected chi connectivity index (χ1v) is 17.6. The van der Waals surface area contributed by atoms with E-state index in [1.807, 2.05) is 0 Å². The van der Waals surface area contributed by atoms with Gasteiger partial charge in [-0.15, -0.1) is 20.5 Å². The Hall–Kier alpha value is -9.36. The summed E-state index contributed by atoms with van der Waals surface area (Å²) in [5, 5.41) is 89.7. The smallest absolute Gasteiger partial charge is 0.337 e. The minimum atomic E-state index is -1.56. The highest BCUT2D eigenvalue weighted by Crippen LogP contribution is 2.37. The van der Waals surface area contributed by atoms with Crippen molar-refractivity contribution in [3.63, 3.8) is 0 Å². The number of aromatic carboxylic acids is 4. The number of pyridine rings is 2. The number of carboxylic acid groups (broad SMARTS) is 4. The van der Waals surface area contributed by atoms with E-state index in [-0.39, 0.29) is 23.6 Å². The number of hydrogen-bond donors (Lipinski definition) is 8. The first-order chi connectivity index (χ1) is 29.8. The van der Waals surface area contributed by atoms with E-state index in [2.05, 4.69) is 57.5 Å². The molecule has 26 heteroatoms. The van der Waals surface area contributed by atoms with Gasteiger partial charge < -0.3 is 41.3 Å². The van der Waals surface area contributed by atoms with Gasteiger partial charge in [0.2, 0.25) is 28.9 Å². The second kappa shape index (κ2) is 18.3. The van der Waals surface area contributed by atoms with Crippen molar-refractivity contribution in [3.05, 3.63) is 119 Å². The van der Waals surface area contributed by atoms with Crippen LogP contribution >= 0.6 is 11.6 Å². The molecule has 0 atom stereocenters. The highest BCUT2D eigenvalue weighted by molar-refractivity contribution is 6.28. The van der Waals surface area contributed by atoms with Crippen molar-refractivity contribution < 1.29 is 49.8 Å². The maximum Gasteiger partial charge on any atom is 0.337 e. The molecule has 0 saturated heterocycles. The van der Waals surface area contributed by atoms with Gasteiger partial charge in [-0.3, -0.25) is 14.2 Å². The fraction of sp³-hybridized carbons (Fsp3) is 0.108. The van der Waals surface area contributed by atoms with Crippen molar-refractivity contribution >= 4 is 81.6 Å². The van der Waals surface area contributed by atoms with Crippen LogP contribution in [0.3, 0.4) is 0 Å². The molecule has 0 saturated carbocycles. The van der Waals surface area contributed by atoms with Gasteiger partial charge in [0, 0.05) is 18.7 Å². The van der Waals surface area contributed by atoms with Crippen molar-refractivity contribution in [2.75, 3.05) is 17.2 Å². The van der Waals surface area contributed by atoms with Crippen molar-refractivity contribution in [2.45, 2.75) is 20.4 Å². The summed E-state index contributed by atoms with van der Waals surface area (Å²) in [6.07, 6.45) is 0. The average Bonchev–Trinajstić information content (AvgIpc) is 3.21. The lowest BCUT2D eigenvalue weighted by Crippen LogP contribution is -2.26. The van der Waals surface area contributed by atoms with Crippen LogP contribution < -0.4 is 21.8 Å². The maximum atomic E-state index is 13.7. The van der Waals surface area contributed by atoms with Crippen LogP contribution in [-0.4, -0.2) is 85.1 Å². The molecule has 0 amide bonds. The minimum Gasteiger partial charge on any atom is -0.502 e. The highest BCUT2D eigenvalue weighted by Gasteiger charge is 2.25. The minimum absolute atomic E-state index is 0.161. The van der Waals surface area contributed by atoms with Crippen LogP contribution in [0.1, 0.15) is 58.1 Å². The van der Waals surface area contributed by atoms with Crippen molar-refractivity contribution in [2.24, 2.45) is 20.5 Å². The number of anilines is 2. The number of carbonyl (C=O) groups is 4. The lowest BCUT2D eigenvalue weighted by atomic mass is 10.1. The van der Waals surface area contributed by atoms with E-state index in [0.717, 1.165) is 30.3 Å². The number of nitriles is 1. The van der Waals surface area contributed by atoms with Crippen LogP contribution in [0.4, 0.5) is 40.3 Å². The largest absolute Gasteiger partial charge is 0.502 e. The summed E-state index contributed by atoms with van der Waals surface area (Å²) in [5.41, 5.74) is -8.12. The molecule has 2 aromatic carbocycles. The molecule has 0 radical (unpaired) electrons. The number of azo groups is 2. The molecule has 25 nitrogen and oxygen atoms in total. The molecule has 3 aromatic heterocycles. The van der Waals surface area contributed by atoms with E-state index in [1.54, 1.807) is 6.07 Å². The zero-order valence-electron chi connectivity index (χ0n) is 32.0. The van der Waals surface area contributed by atoms with Gasteiger partial charge in [-0.1, -0.05) is 18.7 Å². The summed E-state index contributed by atoms with van der Waals surface area (Å²) < 4.78 is 1.18. The standard InChI is InChI=1S/C37H26ClN13O12/c1-14-21(13-39)27(52)50(28(53)23(14)46-48-25-17(31(56)57)7-5-8-18(25)32(58)59)12-11-41-36-43-35(38)44-37(45-36)42-16(3)51-29(54)22(40-4)15(2)24(30(51)55)47-49-26-19(33(60)61)9-6-10-20(26)34(62)63/h5-10,52,54H,3,11-12H2,1-2H3,(H,56,57)(H,58,59)(H,60,61)(H,62,63)(H2,41,42,43,44,45). The Balaban J connectivity index is 1.44. The molecular formula is C37H26ClN13O12. The molecule has 63 heavy (non-hydrogen) atoms. The zero-order valence-corrected chi connectivity index (χ0v) is 32.8. The van der Waals surface area contributed by atoms with Gasteiger partial charge in [0.25, 0.3) is 16.8 Å². The predicted molar refractivity (Wildman–Crippen MR) is 217 cm³/mol. The Morgan fingerprint density at radius 1 is 0.778 bits per heavy atom. The number of nitrogens with zero attached hydrogens (tertiary/aromatic N) is 11. The zero-order chi connectivity index (χ0) is 46.4. The number of nitrogens with one attached hydrogen (secondary N) is 2. The molecule has 0 aliphatic carbocycles. The molecule has 8 N–H and O–H groups in total. The van der Waals surface area contributed by atoms with Gasteiger partial charge in [0.1, 0.15) is 34.5 Å². The molecule has 0 bridgehead atoms. The van der Waals surface area contributed by atoms with Crippen molar-refractivity contribution in [1.29, 1.82) is 5.26 Å². The number of halogens is 1. The van der Waals surface area contributed by atoms with Crippen molar-refractivity contribution in [1.82, 2.24) is 24.1 Å². The van der Waals surface area contributed by atoms with Crippen LogP contribution in [0.5, 0.6) is 11.8 Å². The van der Waals surface area contributed by atoms with E-state index in [0.29, 0.717) is 9.13 Å². The van der Waals surface area contributed by atoms with Gasteiger partial charge in [-0.05, 0) is 55.3 Å². The Morgan fingerprint density at radius 2 is 1.24 bits per heavy atom. The molecule has 3 heterocycles. The molecule has 0 spiro atoms. The molecule has 0 aliphatic rings. The number of aromatic nitrogens is 5. The number of aromatic hydroxyl groups is 2. The third-order valence-electron chi connectivity index (χ3n) is 8.67. The molecule has 5 aromatic rings. The second-order valence-electron chi connectivity index (χ2n) is 12.4. The summed E-state index contributed by atoms with van der Waals surface area (Å²) in [6.45, 7) is 13.0. The van der Waals surface area contributed by atoms with Gasteiger partial charge in [0.15, 0.2) is 5.69 Å². The summed E-state index contributed by atoms with van der Waals surface area (Å²) in [6, 6.07) is 8.31. The Morgan fingerprint density at radius 3 is 1.70 bits per heavy atom.